The third kappa shape index (κ3) is 4.86. The molecular formula is C49H33N3. The summed E-state index contributed by atoms with van der Waals surface area (Å²) >= 11 is 0. The predicted molar refractivity (Wildman–Crippen MR) is 219 cm³/mol. The van der Waals surface area contributed by atoms with Crippen LogP contribution in [0.1, 0.15) is 0 Å². The fraction of sp³-hybridized carbons (Fsp3) is 0. The van der Waals surface area contributed by atoms with Crippen LogP contribution in [0.2, 0.25) is 0 Å². The first-order valence-corrected chi connectivity index (χ1v) is 17.7. The SMILES string of the molecule is c1ccc(-c2c3ccccc3c(-c3ccc4c(c3)c3cccnc3n4-c3ccc(N(c4ccccc4)c4ccccc4)cc3)c3ccccc23)cc1. The second-order valence-electron chi connectivity index (χ2n) is 13.2. The summed E-state index contributed by atoms with van der Waals surface area (Å²) in [6.45, 7) is 0. The summed E-state index contributed by atoms with van der Waals surface area (Å²) in [6, 6.07) is 69.5. The van der Waals surface area contributed by atoms with Gasteiger partial charge >= 0.3 is 0 Å². The van der Waals surface area contributed by atoms with E-state index < -0.39 is 0 Å². The molecule has 8 aromatic carbocycles. The van der Waals surface area contributed by atoms with Crippen LogP contribution < -0.4 is 4.90 Å². The topological polar surface area (TPSA) is 21.1 Å². The molecule has 0 aliphatic rings. The largest absolute Gasteiger partial charge is 0.311 e. The van der Waals surface area contributed by atoms with Gasteiger partial charge < -0.3 is 4.90 Å². The number of rotatable bonds is 6. The van der Waals surface area contributed by atoms with Crippen molar-refractivity contribution in [3.8, 4) is 27.9 Å². The maximum Gasteiger partial charge on any atom is 0.145 e. The Balaban J connectivity index is 1.15. The number of nitrogens with zero attached hydrogens (tertiary/aromatic N) is 3. The molecule has 0 aliphatic heterocycles. The van der Waals surface area contributed by atoms with Gasteiger partial charge in [0.15, 0.2) is 0 Å². The van der Waals surface area contributed by atoms with E-state index in [1.54, 1.807) is 0 Å². The highest BCUT2D eigenvalue weighted by Crippen LogP contribution is 2.45. The molecule has 0 aliphatic carbocycles. The first kappa shape index (κ1) is 29.9. The van der Waals surface area contributed by atoms with Gasteiger partial charge in [-0.25, -0.2) is 4.98 Å². The van der Waals surface area contributed by atoms with E-state index in [1.807, 2.05) is 12.3 Å². The quantitative estimate of drug-likeness (QED) is 0.165. The normalized spacial score (nSPS) is 11.5. The Kier molecular flexibility index (Phi) is 7.14. The third-order valence-electron chi connectivity index (χ3n) is 10.2. The summed E-state index contributed by atoms with van der Waals surface area (Å²) < 4.78 is 2.29. The first-order chi connectivity index (χ1) is 25.8. The van der Waals surface area contributed by atoms with Crippen LogP contribution in [0.5, 0.6) is 0 Å². The van der Waals surface area contributed by atoms with Crippen molar-refractivity contribution in [2.45, 2.75) is 0 Å². The van der Waals surface area contributed by atoms with Gasteiger partial charge in [0.25, 0.3) is 0 Å². The summed E-state index contributed by atoms with van der Waals surface area (Å²) in [7, 11) is 0. The van der Waals surface area contributed by atoms with E-state index in [4.69, 9.17) is 4.98 Å². The number of hydrogen-bond donors (Lipinski definition) is 0. The molecule has 0 saturated carbocycles. The van der Waals surface area contributed by atoms with E-state index in [0.29, 0.717) is 0 Å². The maximum atomic E-state index is 4.95. The molecule has 2 heterocycles. The average Bonchev–Trinajstić information content (AvgIpc) is 3.55. The summed E-state index contributed by atoms with van der Waals surface area (Å²) in [6.07, 6.45) is 1.89. The van der Waals surface area contributed by atoms with Crippen molar-refractivity contribution < 1.29 is 0 Å². The summed E-state index contributed by atoms with van der Waals surface area (Å²) in [5.74, 6) is 0. The first-order valence-electron chi connectivity index (χ1n) is 17.7. The van der Waals surface area contributed by atoms with Crippen molar-refractivity contribution in [1.29, 1.82) is 0 Å². The van der Waals surface area contributed by atoms with Gasteiger partial charge in [0.1, 0.15) is 5.65 Å². The highest BCUT2D eigenvalue weighted by molar-refractivity contribution is 6.22. The minimum absolute atomic E-state index is 0.944. The van der Waals surface area contributed by atoms with Gasteiger partial charge in [-0.1, -0.05) is 121 Å². The molecule has 10 aromatic rings. The Hall–Kier alpha value is -6.97. The molecule has 0 saturated heterocycles. The van der Waals surface area contributed by atoms with Crippen LogP contribution in [0, 0.1) is 0 Å². The lowest BCUT2D eigenvalue weighted by molar-refractivity contribution is 1.13. The van der Waals surface area contributed by atoms with Gasteiger partial charge in [-0.2, -0.15) is 0 Å². The molecule has 2 aromatic heterocycles. The Morgan fingerprint density at radius 2 is 0.846 bits per heavy atom. The lowest BCUT2D eigenvalue weighted by atomic mass is 9.86. The summed E-state index contributed by atoms with van der Waals surface area (Å²) in [5.41, 5.74) is 11.4. The van der Waals surface area contributed by atoms with Gasteiger partial charge in [-0.3, -0.25) is 4.57 Å². The van der Waals surface area contributed by atoms with Gasteiger partial charge in [-0.15, -0.1) is 0 Å². The maximum absolute atomic E-state index is 4.95. The van der Waals surface area contributed by atoms with Crippen LogP contribution in [0.4, 0.5) is 17.1 Å². The molecule has 0 fully saturated rings. The zero-order valence-electron chi connectivity index (χ0n) is 28.4. The van der Waals surface area contributed by atoms with E-state index in [2.05, 4.69) is 198 Å². The molecule has 0 unspecified atom stereocenters. The Morgan fingerprint density at radius 1 is 0.365 bits per heavy atom. The number of pyridine rings is 1. The predicted octanol–water partition coefficient (Wildman–Crippen LogP) is 13.3. The van der Waals surface area contributed by atoms with E-state index in [-0.39, 0.29) is 0 Å². The molecule has 0 amide bonds. The molecule has 0 radical (unpaired) electrons. The molecular weight excluding hydrogens is 631 g/mol. The molecule has 0 atom stereocenters. The highest BCUT2D eigenvalue weighted by atomic mass is 15.1. The number of fused-ring (bicyclic) bond motifs is 5. The fourth-order valence-corrected chi connectivity index (χ4v) is 7.97. The second kappa shape index (κ2) is 12.4. The van der Waals surface area contributed by atoms with E-state index in [9.17, 15) is 0 Å². The smallest absolute Gasteiger partial charge is 0.145 e. The van der Waals surface area contributed by atoms with Crippen molar-refractivity contribution in [1.82, 2.24) is 9.55 Å². The number of hydrogen-bond acceptors (Lipinski definition) is 2. The van der Waals surface area contributed by atoms with E-state index >= 15 is 0 Å². The van der Waals surface area contributed by atoms with Crippen LogP contribution in [-0.4, -0.2) is 9.55 Å². The van der Waals surface area contributed by atoms with E-state index in [0.717, 1.165) is 39.3 Å². The van der Waals surface area contributed by atoms with Crippen molar-refractivity contribution in [3.63, 3.8) is 0 Å². The standard InChI is InChI=1S/C49H33N3/c1-4-15-34(16-5-1)47-40-21-10-12-23-42(40)48(43-24-13-11-22-41(43)47)35-26-31-46-45(33-35)44-25-14-32-50-49(44)52(46)39-29-27-38(28-30-39)51(36-17-6-2-7-18-36)37-19-8-3-9-20-37/h1-33H. The van der Waals surface area contributed by atoms with Crippen LogP contribution in [0.3, 0.4) is 0 Å². The zero-order chi connectivity index (χ0) is 34.4. The minimum Gasteiger partial charge on any atom is -0.311 e. The number of anilines is 3. The number of para-hydroxylation sites is 2. The fourth-order valence-electron chi connectivity index (χ4n) is 7.97. The summed E-state index contributed by atoms with van der Waals surface area (Å²) in [5, 5.41) is 7.32. The molecule has 0 bridgehead atoms. The zero-order valence-corrected chi connectivity index (χ0v) is 28.4. The third-order valence-corrected chi connectivity index (χ3v) is 10.2. The Morgan fingerprint density at radius 3 is 1.42 bits per heavy atom. The van der Waals surface area contributed by atoms with Gasteiger partial charge in [0.2, 0.25) is 0 Å². The molecule has 0 N–H and O–H groups in total. The molecule has 0 spiro atoms. The lowest BCUT2D eigenvalue weighted by Gasteiger charge is -2.25. The highest BCUT2D eigenvalue weighted by Gasteiger charge is 2.20. The Labute approximate surface area is 302 Å². The lowest BCUT2D eigenvalue weighted by Crippen LogP contribution is -2.09. The van der Waals surface area contributed by atoms with Gasteiger partial charge in [-0.05, 0) is 117 Å². The molecule has 3 heteroatoms. The Bertz CT molecular complexity index is 2780. The molecule has 10 rings (SSSR count). The van der Waals surface area contributed by atoms with Crippen molar-refractivity contribution >= 4 is 60.5 Å². The van der Waals surface area contributed by atoms with Gasteiger partial charge in [0, 0.05) is 39.7 Å². The minimum atomic E-state index is 0.944. The molecule has 3 nitrogen and oxygen atoms in total. The number of benzene rings is 8. The van der Waals surface area contributed by atoms with Crippen LogP contribution in [0.15, 0.2) is 200 Å². The molecule has 244 valence electrons. The average molecular weight is 664 g/mol. The van der Waals surface area contributed by atoms with Crippen molar-refractivity contribution in [2.75, 3.05) is 4.90 Å². The van der Waals surface area contributed by atoms with Crippen molar-refractivity contribution in [2.24, 2.45) is 0 Å². The number of aromatic nitrogens is 2. The molecule has 52 heavy (non-hydrogen) atoms. The van der Waals surface area contributed by atoms with Crippen LogP contribution >= 0.6 is 0 Å². The summed E-state index contributed by atoms with van der Waals surface area (Å²) in [4.78, 5) is 7.24. The second-order valence-corrected chi connectivity index (χ2v) is 13.2. The van der Waals surface area contributed by atoms with Crippen molar-refractivity contribution in [3.05, 3.63) is 200 Å². The van der Waals surface area contributed by atoms with Crippen LogP contribution in [0.25, 0.3) is 71.4 Å². The van der Waals surface area contributed by atoms with Gasteiger partial charge in [0.05, 0.1) is 5.52 Å². The van der Waals surface area contributed by atoms with E-state index in [1.165, 1.54) is 49.2 Å². The monoisotopic (exact) mass is 663 g/mol. The van der Waals surface area contributed by atoms with Crippen LogP contribution in [-0.2, 0) is 0 Å².